The van der Waals surface area contributed by atoms with Crippen LogP contribution in [0.25, 0.3) is 0 Å². The molecule has 4 nitrogen and oxygen atoms in total. The highest BCUT2D eigenvalue weighted by Gasteiger charge is 2.31. The van der Waals surface area contributed by atoms with Crippen molar-refractivity contribution in [1.82, 2.24) is 14.9 Å². The molecule has 1 aromatic rings. The van der Waals surface area contributed by atoms with Crippen LogP contribution in [0, 0.1) is 0 Å². The van der Waals surface area contributed by atoms with Crippen LogP contribution in [0.3, 0.4) is 0 Å². The molecule has 1 saturated heterocycles. The zero-order chi connectivity index (χ0) is 12.5. The van der Waals surface area contributed by atoms with Gasteiger partial charge in [-0.1, -0.05) is 18.5 Å². The maximum absolute atomic E-state index is 6.15. The van der Waals surface area contributed by atoms with E-state index in [1.54, 1.807) is 6.33 Å². The fraction of sp³-hybridized carbons (Fsp3) is 0.692. The van der Waals surface area contributed by atoms with Crippen molar-refractivity contribution in [3.05, 3.63) is 17.0 Å². The van der Waals surface area contributed by atoms with Crippen molar-refractivity contribution >= 4 is 17.4 Å². The van der Waals surface area contributed by atoms with Gasteiger partial charge < -0.3 is 4.90 Å². The second kappa shape index (κ2) is 5.02. The molecule has 2 heterocycles. The van der Waals surface area contributed by atoms with Gasteiger partial charge in [0.05, 0.1) is 0 Å². The lowest BCUT2D eigenvalue weighted by atomic mass is 10.2. The van der Waals surface area contributed by atoms with Crippen LogP contribution < -0.4 is 4.90 Å². The van der Waals surface area contributed by atoms with Crippen LogP contribution in [0.2, 0.25) is 5.15 Å². The third-order valence-corrected chi connectivity index (χ3v) is 4.23. The fourth-order valence-corrected chi connectivity index (χ4v) is 2.96. The van der Waals surface area contributed by atoms with Crippen molar-refractivity contribution in [3.63, 3.8) is 0 Å². The van der Waals surface area contributed by atoms with Crippen molar-refractivity contribution in [2.75, 3.05) is 31.1 Å². The Bertz CT molecular complexity index is 425. The molecule has 3 rings (SSSR count). The molecule has 1 aliphatic heterocycles. The van der Waals surface area contributed by atoms with Gasteiger partial charge in [-0.05, 0) is 19.3 Å². The van der Waals surface area contributed by atoms with E-state index in [0.29, 0.717) is 5.15 Å². The molecule has 2 aliphatic rings. The molecule has 0 bridgehead atoms. The first-order chi connectivity index (χ1) is 8.79. The van der Waals surface area contributed by atoms with Crippen LogP contribution >= 0.6 is 11.6 Å². The summed E-state index contributed by atoms with van der Waals surface area (Å²) < 4.78 is 0. The third-order valence-electron chi connectivity index (χ3n) is 3.90. The molecule has 18 heavy (non-hydrogen) atoms. The van der Waals surface area contributed by atoms with Gasteiger partial charge in [0.25, 0.3) is 0 Å². The Morgan fingerprint density at radius 1 is 1.22 bits per heavy atom. The molecule has 0 amide bonds. The lowest BCUT2D eigenvalue weighted by molar-refractivity contribution is 0.247. The van der Waals surface area contributed by atoms with E-state index in [4.69, 9.17) is 11.6 Å². The quantitative estimate of drug-likeness (QED) is 0.783. The SMILES string of the molecule is CCc1c(Cl)ncnc1N1CCN(C2CC2)CC1. The van der Waals surface area contributed by atoms with Crippen molar-refractivity contribution in [1.29, 1.82) is 0 Å². The first-order valence-corrected chi connectivity index (χ1v) is 7.15. The molecule has 1 aliphatic carbocycles. The lowest BCUT2D eigenvalue weighted by Gasteiger charge is -2.36. The second-order valence-electron chi connectivity index (χ2n) is 5.07. The molecule has 0 unspecified atom stereocenters. The third kappa shape index (κ3) is 2.31. The summed E-state index contributed by atoms with van der Waals surface area (Å²) in [5.41, 5.74) is 1.08. The fourth-order valence-electron chi connectivity index (χ4n) is 2.70. The zero-order valence-electron chi connectivity index (χ0n) is 10.8. The van der Waals surface area contributed by atoms with Gasteiger partial charge in [0.2, 0.25) is 0 Å². The minimum Gasteiger partial charge on any atom is -0.354 e. The number of piperazine rings is 1. The molecule has 98 valence electrons. The van der Waals surface area contributed by atoms with Crippen molar-refractivity contribution in [2.45, 2.75) is 32.2 Å². The highest BCUT2D eigenvalue weighted by Crippen LogP contribution is 2.29. The minimum absolute atomic E-state index is 0.604. The Kier molecular flexibility index (Phi) is 3.39. The van der Waals surface area contributed by atoms with Gasteiger partial charge in [0.1, 0.15) is 17.3 Å². The van der Waals surface area contributed by atoms with E-state index in [-0.39, 0.29) is 0 Å². The van der Waals surface area contributed by atoms with Crippen molar-refractivity contribution in [2.24, 2.45) is 0 Å². The second-order valence-corrected chi connectivity index (χ2v) is 5.43. The van der Waals surface area contributed by atoms with Crippen LogP contribution in [0.15, 0.2) is 6.33 Å². The molecule has 1 aromatic heterocycles. The van der Waals surface area contributed by atoms with E-state index in [2.05, 4.69) is 26.7 Å². The Labute approximate surface area is 113 Å². The highest BCUT2D eigenvalue weighted by molar-refractivity contribution is 6.30. The number of anilines is 1. The first-order valence-electron chi connectivity index (χ1n) is 6.78. The molecule has 0 radical (unpaired) electrons. The number of aromatic nitrogens is 2. The van der Waals surface area contributed by atoms with Gasteiger partial charge >= 0.3 is 0 Å². The predicted molar refractivity (Wildman–Crippen MR) is 73.2 cm³/mol. The van der Waals surface area contributed by atoms with Crippen molar-refractivity contribution < 1.29 is 0 Å². The van der Waals surface area contributed by atoms with E-state index in [1.807, 2.05) is 0 Å². The van der Waals surface area contributed by atoms with Gasteiger partial charge in [-0.25, -0.2) is 9.97 Å². The normalized spacial score (nSPS) is 21.3. The van der Waals surface area contributed by atoms with Crippen LogP contribution in [-0.2, 0) is 6.42 Å². The van der Waals surface area contributed by atoms with E-state index < -0.39 is 0 Å². The van der Waals surface area contributed by atoms with Gasteiger partial charge in [-0.2, -0.15) is 0 Å². The van der Waals surface area contributed by atoms with Gasteiger partial charge in [-0.3, -0.25) is 4.90 Å². The molecule has 2 fully saturated rings. The van der Waals surface area contributed by atoms with Gasteiger partial charge in [0.15, 0.2) is 0 Å². The predicted octanol–water partition coefficient (Wildman–Crippen LogP) is 1.98. The molecule has 1 saturated carbocycles. The smallest absolute Gasteiger partial charge is 0.137 e. The standard InChI is InChI=1S/C13H19ClN4/c1-2-11-12(14)15-9-16-13(11)18-7-5-17(6-8-18)10-3-4-10/h9-10H,2-8H2,1H3. The summed E-state index contributed by atoms with van der Waals surface area (Å²) in [6, 6.07) is 0.867. The topological polar surface area (TPSA) is 32.3 Å². The van der Waals surface area contributed by atoms with Crippen molar-refractivity contribution in [3.8, 4) is 0 Å². The summed E-state index contributed by atoms with van der Waals surface area (Å²) in [6.45, 7) is 6.51. The number of hydrogen-bond donors (Lipinski definition) is 0. The number of hydrogen-bond acceptors (Lipinski definition) is 4. The molecule has 5 heteroatoms. The Morgan fingerprint density at radius 3 is 2.56 bits per heavy atom. The molecule has 0 spiro atoms. The Balaban J connectivity index is 1.73. The average Bonchev–Trinajstić information content (AvgIpc) is 3.23. The molecule has 0 atom stereocenters. The van der Waals surface area contributed by atoms with Gasteiger partial charge in [0, 0.05) is 37.8 Å². The van der Waals surface area contributed by atoms with Crippen LogP contribution in [0.5, 0.6) is 0 Å². The summed E-state index contributed by atoms with van der Waals surface area (Å²) >= 11 is 6.15. The maximum atomic E-state index is 6.15. The molecular weight excluding hydrogens is 248 g/mol. The Morgan fingerprint density at radius 2 is 1.94 bits per heavy atom. The number of rotatable bonds is 3. The van der Waals surface area contributed by atoms with E-state index in [0.717, 1.165) is 50.0 Å². The average molecular weight is 267 g/mol. The summed E-state index contributed by atoms with van der Waals surface area (Å²) in [5.74, 6) is 1.04. The maximum Gasteiger partial charge on any atom is 0.137 e. The monoisotopic (exact) mass is 266 g/mol. The number of nitrogens with zero attached hydrogens (tertiary/aromatic N) is 4. The minimum atomic E-state index is 0.604. The lowest BCUT2D eigenvalue weighted by Crippen LogP contribution is -2.47. The van der Waals surface area contributed by atoms with E-state index in [9.17, 15) is 0 Å². The first kappa shape index (κ1) is 12.2. The number of halogens is 1. The van der Waals surface area contributed by atoms with Crippen LogP contribution in [0.1, 0.15) is 25.3 Å². The zero-order valence-corrected chi connectivity index (χ0v) is 11.5. The summed E-state index contributed by atoms with van der Waals surface area (Å²) in [7, 11) is 0. The molecular formula is C13H19ClN4. The van der Waals surface area contributed by atoms with Crippen LogP contribution in [0.4, 0.5) is 5.82 Å². The van der Waals surface area contributed by atoms with E-state index >= 15 is 0 Å². The summed E-state index contributed by atoms with van der Waals surface area (Å²) in [5, 5.41) is 0.604. The summed E-state index contributed by atoms with van der Waals surface area (Å²) in [4.78, 5) is 13.5. The van der Waals surface area contributed by atoms with Crippen LogP contribution in [-0.4, -0.2) is 47.1 Å². The molecule has 0 aromatic carbocycles. The molecule has 0 N–H and O–H groups in total. The van der Waals surface area contributed by atoms with E-state index in [1.165, 1.54) is 12.8 Å². The largest absolute Gasteiger partial charge is 0.354 e. The Hall–Kier alpha value is -0.870. The van der Waals surface area contributed by atoms with Gasteiger partial charge in [-0.15, -0.1) is 0 Å². The summed E-state index contributed by atoms with van der Waals surface area (Å²) in [6.07, 6.45) is 5.24. The highest BCUT2D eigenvalue weighted by atomic mass is 35.5.